The monoisotopic (exact) mass is 235 g/mol. The van der Waals surface area contributed by atoms with Crippen LogP contribution in [0.5, 0.6) is 0 Å². The summed E-state index contributed by atoms with van der Waals surface area (Å²) in [5, 5.41) is 5.73. The van der Waals surface area contributed by atoms with Crippen molar-refractivity contribution in [1.29, 1.82) is 0 Å². The van der Waals surface area contributed by atoms with Gasteiger partial charge >= 0.3 is 6.03 Å². The molecule has 4 heteroatoms. The van der Waals surface area contributed by atoms with E-state index in [9.17, 15) is 4.79 Å². The molecule has 1 atom stereocenters. The van der Waals surface area contributed by atoms with Gasteiger partial charge in [0.15, 0.2) is 0 Å². The number of amides is 2. The van der Waals surface area contributed by atoms with Crippen LogP contribution < -0.4 is 10.6 Å². The van der Waals surface area contributed by atoms with Crippen LogP contribution in [-0.4, -0.2) is 17.6 Å². The highest BCUT2D eigenvalue weighted by molar-refractivity contribution is 5.74. The number of pyridine rings is 1. The Morgan fingerprint density at radius 3 is 2.71 bits per heavy atom. The first-order valence-electron chi connectivity index (χ1n) is 5.83. The van der Waals surface area contributed by atoms with Gasteiger partial charge in [-0.3, -0.25) is 4.98 Å². The van der Waals surface area contributed by atoms with Gasteiger partial charge in [-0.25, -0.2) is 4.79 Å². The fourth-order valence-electron chi connectivity index (χ4n) is 1.31. The first-order chi connectivity index (χ1) is 7.88. The summed E-state index contributed by atoms with van der Waals surface area (Å²) in [4.78, 5) is 15.7. The maximum Gasteiger partial charge on any atom is 0.315 e. The second-order valence-corrected chi connectivity index (χ2v) is 5.40. The van der Waals surface area contributed by atoms with Crippen molar-refractivity contribution in [2.75, 3.05) is 6.54 Å². The van der Waals surface area contributed by atoms with Gasteiger partial charge in [0.1, 0.15) is 0 Å². The Balaban J connectivity index is 2.42. The summed E-state index contributed by atoms with van der Waals surface area (Å²) >= 11 is 0. The van der Waals surface area contributed by atoms with E-state index in [1.165, 1.54) is 0 Å². The van der Waals surface area contributed by atoms with Crippen LogP contribution in [0, 0.1) is 5.41 Å². The first-order valence-corrected chi connectivity index (χ1v) is 5.83. The maximum atomic E-state index is 11.6. The molecule has 94 valence electrons. The van der Waals surface area contributed by atoms with Crippen molar-refractivity contribution in [3.8, 4) is 0 Å². The van der Waals surface area contributed by atoms with E-state index in [1.54, 1.807) is 12.4 Å². The van der Waals surface area contributed by atoms with E-state index < -0.39 is 0 Å². The van der Waals surface area contributed by atoms with Crippen molar-refractivity contribution in [2.45, 2.75) is 33.7 Å². The third-order valence-corrected chi connectivity index (χ3v) is 2.31. The van der Waals surface area contributed by atoms with Crippen LogP contribution >= 0.6 is 0 Å². The van der Waals surface area contributed by atoms with Crippen molar-refractivity contribution >= 4 is 6.03 Å². The molecule has 1 aromatic rings. The number of urea groups is 1. The summed E-state index contributed by atoms with van der Waals surface area (Å²) in [6.07, 6.45) is 3.48. The average Bonchev–Trinajstić information content (AvgIpc) is 2.27. The van der Waals surface area contributed by atoms with Crippen LogP contribution in [0.4, 0.5) is 4.79 Å². The molecule has 1 aromatic heterocycles. The van der Waals surface area contributed by atoms with Gasteiger partial charge in [0.2, 0.25) is 0 Å². The molecule has 2 N–H and O–H groups in total. The first kappa shape index (κ1) is 13.5. The van der Waals surface area contributed by atoms with Gasteiger partial charge in [-0.2, -0.15) is 0 Å². The predicted molar refractivity (Wildman–Crippen MR) is 68.6 cm³/mol. The molecular weight excluding hydrogens is 214 g/mol. The number of rotatable bonds is 3. The zero-order valence-corrected chi connectivity index (χ0v) is 10.9. The molecule has 0 aromatic carbocycles. The third-order valence-electron chi connectivity index (χ3n) is 2.31. The van der Waals surface area contributed by atoms with Gasteiger partial charge in [-0.15, -0.1) is 0 Å². The Bertz CT molecular complexity index is 357. The second-order valence-electron chi connectivity index (χ2n) is 5.40. The van der Waals surface area contributed by atoms with E-state index in [0.717, 1.165) is 5.56 Å². The van der Waals surface area contributed by atoms with Crippen LogP contribution in [0.1, 0.15) is 39.3 Å². The van der Waals surface area contributed by atoms with Crippen LogP contribution in [0.2, 0.25) is 0 Å². The maximum absolute atomic E-state index is 11.6. The fourth-order valence-corrected chi connectivity index (χ4v) is 1.31. The SMILES string of the molecule is CC(NC(=O)NCC(C)(C)C)c1cccnc1. The molecule has 4 nitrogen and oxygen atoms in total. The highest BCUT2D eigenvalue weighted by Crippen LogP contribution is 2.11. The minimum atomic E-state index is -0.142. The number of aromatic nitrogens is 1. The van der Waals surface area contributed by atoms with Gasteiger partial charge < -0.3 is 10.6 Å². The lowest BCUT2D eigenvalue weighted by atomic mass is 9.97. The summed E-state index contributed by atoms with van der Waals surface area (Å²) in [6.45, 7) is 8.83. The van der Waals surface area contributed by atoms with Crippen molar-refractivity contribution < 1.29 is 4.79 Å². The molecule has 0 fully saturated rings. The molecule has 0 spiro atoms. The topological polar surface area (TPSA) is 54.0 Å². The number of hydrogen-bond acceptors (Lipinski definition) is 2. The summed E-state index contributed by atoms with van der Waals surface area (Å²) in [5.74, 6) is 0. The quantitative estimate of drug-likeness (QED) is 0.845. The summed E-state index contributed by atoms with van der Waals surface area (Å²) in [5.41, 5.74) is 1.09. The van der Waals surface area contributed by atoms with Crippen LogP contribution in [0.3, 0.4) is 0 Å². The Kier molecular flexibility index (Phi) is 4.49. The summed E-state index contributed by atoms with van der Waals surface area (Å²) < 4.78 is 0. The van der Waals surface area contributed by atoms with Crippen molar-refractivity contribution in [3.05, 3.63) is 30.1 Å². The van der Waals surface area contributed by atoms with Gasteiger partial charge in [-0.05, 0) is 24.0 Å². The number of nitrogens with zero attached hydrogens (tertiary/aromatic N) is 1. The van der Waals surface area contributed by atoms with Crippen molar-refractivity contribution in [2.24, 2.45) is 5.41 Å². The summed E-state index contributed by atoms with van der Waals surface area (Å²) in [7, 11) is 0. The minimum absolute atomic E-state index is 0.0383. The highest BCUT2D eigenvalue weighted by atomic mass is 16.2. The van der Waals surface area contributed by atoms with E-state index in [-0.39, 0.29) is 17.5 Å². The lowest BCUT2D eigenvalue weighted by Gasteiger charge is -2.20. The van der Waals surface area contributed by atoms with E-state index >= 15 is 0 Å². The van der Waals surface area contributed by atoms with Crippen LogP contribution in [-0.2, 0) is 0 Å². The van der Waals surface area contributed by atoms with Crippen LogP contribution in [0.25, 0.3) is 0 Å². The molecule has 17 heavy (non-hydrogen) atoms. The average molecular weight is 235 g/mol. The molecule has 0 saturated heterocycles. The third kappa shape index (κ3) is 5.33. The van der Waals surface area contributed by atoms with E-state index in [2.05, 4.69) is 36.4 Å². The number of carbonyl (C=O) groups excluding carboxylic acids is 1. The molecular formula is C13H21N3O. The van der Waals surface area contributed by atoms with E-state index in [0.29, 0.717) is 6.54 Å². The van der Waals surface area contributed by atoms with E-state index in [1.807, 2.05) is 19.1 Å². The lowest BCUT2D eigenvalue weighted by molar-refractivity contribution is 0.232. The minimum Gasteiger partial charge on any atom is -0.338 e. The fraction of sp³-hybridized carbons (Fsp3) is 0.538. The standard InChI is InChI=1S/C13H21N3O/c1-10(11-6-5-7-14-8-11)16-12(17)15-9-13(2,3)4/h5-8,10H,9H2,1-4H3,(H2,15,16,17). The molecule has 0 aliphatic carbocycles. The molecule has 0 aliphatic rings. The molecule has 1 heterocycles. The molecule has 0 aliphatic heterocycles. The number of carbonyl (C=O) groups is 1. The molecule has 0 radical (unpaired) electrons. The highest BCUT2D eigenvalue weighted by Gasteiger charge is 2.13. The van der Waals surface area contributed by atoms with Gasteiger partial charge in [0.05, 0.1) is 6.04 Å². The molecule has 0 bridgehead atoms. The number of hydrogen-bond donors (Lipinski definition) is 2. The van der Waals surface area contributed by atoms with Crippen molar-refractivity contribution in [3.63, 3.8) is 0 Å². The Hall–Kier alpha value is -1.58. The summed E-state index contributed by atoms with van der Waals surface area (Å²) in [6, 6.07) is 3.63. The lowest BCUT2D eigenvalue weighted by Crippen LogP contribution is -2.40. The van der Waals surface area contributed by atoms with Gasteiger partial charge in [-0.1, -0.05) is 26.8 Å². The normalized spacial score (nSPS) is 12.9. The smallest absolute Gasteiger partial charge is 0.315 e. The molecule has 0 saturated carbocycles. The van der Waals surface area contributed by atoms with Crippen molar-refractivity contribution in [1.82, 2.24) is 15.6 Å². The zero-order chi connectivity index (χ0) is 12.9. The van der Waals surface area contributed by atoms with Gasteiger partial charge in [0, 0.05) is 18.9 Å². The Morgan fingerprint density at radius 2 is 2.18 bits per heavy atom. The molecule has 2 amide bonds. The Morgan fingerprint density at radius 1 is 1.47 bits per heavy atom. The predicted octanol–water partition coefficient (Wildman–Crippen LogP) is 2.49. The number of nitrogens with one attached hydrogen (secondary N) is 2. The largest absolute Gasteiger partial charge is 0.338 e. The van der Waals surface area contributed by atoms with Crippen LogP contribution in [0.15, 0.2) is 24.5 Å². The zero-order valence-electron chi connectivity index (χ0n) is 10.9. The molecule has 1 rings (SSSR count). The Labute approximate surface area is 103 Å². The molecule has 1 unspecified atom stereocenters. The van der Waals surface area contributed by atoms with Gasteiger partial charge in [0.25, 0.3) is 0 Å². The second kappa shape index (κ2) is 5.66. The van der Waals surface area contributed by atoms with E-state index in [4.69, 9.17) is 0 Å².